The number of benzene rings is 1. The molecule has 1 aliphatic rings. The maximum absolute atomic E-state index is 14.6. The zero-order valence-electron chi connectivity index (χ0n) is 61.9. The van der Waals surface area contributed by atoms with Crippen molar-refractivity contribution in [2.45, 2.75) is 213 Å². The zero-order chi connectivity index (χ0) is 73.3. The first-order valence-electron chi connectivity index (χ1n) is 37.6. The third-order valence-electron chi connectivity index (χ3n) is 17.6. The number of carbonyl (C=O) groups is 8. The summed E-state index contributed by atoms with van der Waals surface area (Å²) < 4.78 is 44.6. The second-order valence-electron chi connectivity index (χ2n) is 25.9. The molecule has 8 amide bonds. The molecule has 0 radical (unpaired) electrons. The van der Waals surface area contributed by atoms with Gasteiger partial charge in [0.1, 0.15) is 18.6 Å². The Bertz CT molecular complexity index is 2670. The number of nitrogens with two attached hydrogens (primary N) is 1. The summed E-state index contributed by atoms with van der Waals surface area (Å²) in [6.07, 6.45) is 23.0. The van der Waals surface area contributed by atoms with Crippen LogP contribution in [0.4, 0.5) is 10.5 Å². The van der Waals surface area contributed by atoms with Gasteiger partial charge in [-0.1, -0.05) is 111 Å². The topological polar surface area (TPSA) is 350 Å². The van der Waals surface area contributed by atoms with Gasteiger partial charge in [0.2, 0.25) is 35.4 Å². The number of Topliss-reactive ketones (excluding diaryl/α,β-unsaturated/α-hetero) is 1. The van der Waals surface area contributed by atoms with Gasteiger partial charge in [0, 0.05) is 77.9 Å². The Morgan fingerprint density at radius 3 is 1.51 bits per heavy atom. The SMILES string of the molecule is CCCCCCCCCCCCCCCC(=O)NCCCCCC(=O)N[C@H](C(=O)N[C@@H](CCCCNC(=O)CCOCCOCCOCCOCCOCCOCCOCCOC)C(=O)N1CCN(c2ccc3ncn(CC(=O)N[C@@H](CCCNC(N)=O)C(C)=O)c(=O)c3c2)CC1)[C@@H](C)CC. The predicted octanol–water partition coefficient (Wildman–Crippen LogP) is 6.18. The maximum Gasteiger partial charge on any atom is 0.312 e. The second-order valence-corrected chi connectivity index (χ2v) is 25.9. The molecule has 0 bridgehead atoms. The van der Waals surface area contributed by atoms with E-state index in [9.17, 15) is 43.2 Å². The molecule has 1 fully saturated rings. The summed E-state index contributed by atoms with van der Waals surface area (Å²) in [5.74, 6) is -2.23. The van der Waals surface area contributed by atoms with Gasteiger partial charge in [0.25, 0.3) is 5.56 Å². The van der Waals surface area contributed by atoms with Gasteiger partial charge < -0.3 is 85.3 Å². The van der Waals surface area contributed by atoms with Crippen molar-refractivity contribution < 1.29 is 76.3 Å². The standard InChI is InChI=1S/C73H127N11O17/c1-6-8-9-10-11-12-13-14-15-16-17-18-20-28-65(86)75-33-23-19-21-29-67(88)81-69(58(3)7-2)70(90)80-64(26-22-24-34-76-66(87)32-40-95-43-44-97-47-48-99-51-52-101-54-53-100-50-49-98-46-45-96-42-41-94-5)72(92)83-38-36-82(37-39-83)60-30-31-63-61(55-60)71(91)84(57-78-63)56-68(89)79-62(59(4)85)27-25-35-77-73(74)93/h30-31,55,57-58,62,64,69H,6-29,32-54,56H2,1-5H3,(H,75,86)(H,76,87)(H,79,89)(H,80,90)(H,81,88)(H3,74,77,93)/t58-,62-,64-,69-/m0/s1. The molecule has 3 rings (SSSR count). The van der Waals surface area contributed by atoms with Crippen LogP contribution in [0.5, 0.6) is 0 Å². The van der Waals surface area contributed by atoms with E-state index < -0.39 is 41.5 Å². The number of hydrogen-bond donors (Lipinski definition) is 7. The largest absolute Gasteiger partial charge is 0.382 e. The Kier molecular flexibility index (Phi) is 51.0. The number of rotatable bonds is 64. The summed E-state index contributed by atoms with van der Waals surface area (Å²) in [5, 5.41) is 17.3. The number of fused-ring (bicyclic) bond motifs is 1. The fourth-order valence-corrected chi connectivity index (χ4v) is 11.3. The van der Waals surface area contributed by atoms with Crippen molar-refractivity contribution in [3.63, 3.8) is 0 Å². The average Bonchev–Trinajstić information content (AvgIpc) is 0.793. The van der Waals surface area contributed by atoms with Gasteiger partial charge in [-0.3, -0.25) is 42.9 Å². The van der Waals surface area contributed by atoms with Crippen molar-refractivity contribution in [1.29, 1.82) is 0 Å². The lowest BCUT2D eigenvalue weighted by Crippen LogP contribution is -2.58. The van der Waals surface area contributed by atoms with Crippen LogP contribution < -0.4 is 48.1 Å². The summed E-state index contributed by atoms with van der Waals surface area (Å²) in [5.41, 5.74) is 5.80. The molecular weight excluding hydrogens is 1300 g/mol. The molecule has 8 N–H and O–H groups in total. The normalized spacial score (nSPS) is 13.5. The summed E-state index contributed by atoms with van der Waals surface area (Å²) >= 11 is 0. The fourth-order valence-electron chi connectivity index (χ4n) is 11.3. The highest BCUT2D eigenvalue weighted by Crippen LogP contribution is 2.22. The number of urea groups is 1. The van der Waals surface area contributed by atoms with E-state index in [0.29, 0.717) is 181 Å². The molecular formula is C73H127N11O17. The monoisotopic (exact) mass is 1430 g/mol. The highest BCUT2D eigenvalue weighted by atomic mass is 16.6. The van der Waals surface area contributed by atoms with Crippen LogP contribution in [0.25, 0.3) is 10.9 Å². The fraction of sp³-hybridized carbons (Fsp3) is 0.781. The van der Waals surface area contributed by atoms with Crippen molar-refractivity contribution in [1.82, 2.24) is 46.4 Å². The third kappa shape index (κ3) is 42.7. The number of unbranched alkanes of at least 4 members (excludes halogenated alkanes) is 15. The van der Waals surface area contributed by atoms with Crippen LogP contribution in [0.1, 0.15) is 188 Å². The number of hydrogen-bond acceptors (Lipinski definition) is 19. The predicted molar refractivity (Wildman–Crippen MR) is 388 cm³/mol. The number of nitrogens with zero attached hydrogens (tertiary/aromatic N) is 4. The minimum Gasteiger partial charge on any atom is -0.382 e. The van der Waals surface area contributed by atoms with E-state index in [4.69, 9.17) is 43.6 Å². The second kappa shape index (κ2) is 58.0. The number of aromatic nitrogens is 2. The molecule has 1 aromatic carbocycles. The molecule has 0 aliphatic carbocycles. The van der Waals surface area contributed by atoms with Crippen LogP contribution in [0.2, 0.25) is 0 Å². The molecule has 1 saturated heterocycles. The van der Waals surface area contributed by atoms with Crippen molar-refractivity contribution in [2.75, 3.05) is 157 Å². The number of piperazine rings is 1. The van der Waals surface area contributed by atoms with E-state index in [1.54, 1.807) is 24.1 Å². The number of carbonyl (C=O) groups excluding carboxylic acids is 8. The van der Waals surface area contributed by atoms with Crippen LogP contribution >= 0.6 is 0 Å². The van der Waals surface area contributed by atoms with Gasteiger partial charge in [-0.2, -0.15) is 0 Å². The van der Waals surface area contributed by atoms with Crippen molar-refractivity contribution >= 4 is 63.8 Å². The van der Waals surface area contributed by atoms with E-state index in [-0.39, 0.29) is 86.1 Å². The number of nitrogens with one attached hydrogen (secondary N) is 6. The lowest BCUT2D eigenvalue weighted by Gasteiger charge is -2.38. The number of primary amides is 1. The molecule has 2 heterocycles. The Labute approximate surface area is 600 Å². The lowest BCUT2D eigenvalue weighted by molar-refractivity contribution is -0.138. The van der Waals surface area contributed by atoms with Gasteiger partial charge >= 0.3 is 6.03 Å². The van der Waals surface area contributed by atoms with Crippen molar-refractivity contribution in [2.24, 2.45) is 11.7 Å². The lowest BCUT2D eigenvalue weighted by atomic mass is 9.97. The molecule has 101 heavy (non-hydrogen) atoms. The van der Waals surface area contributed by atoms with E-state index in [1.165, 1.54) is 82.0 Å². The van der Waals surface area contributed by atoms with Gasteiger partial charge in [0.05, 0.1) is 122 Å². The highest BCUT2D eigenvalue weighted by Gasteiger charge is 2.33. The number of amides is 8. The minimum atomic E-state index is -0.938. The molecule has 4 atom stereocenters. The molecule has 2 aromatic rings. The first-order chi connectivity index (χ1) is 49.1. The van der Waals surface area contributed by atoms with E-state index in [1.807, 2.05) is 24.8 Å². The molecule has 576 valence electrons. The first kappa shape index (κ1) is 88.8. The quantitative estimate of drug-likeness (QED) is 0.0363. The molecule has 0 unspecified atom stereocenters. The van der Waals surface area contributed by atoms with Crippen LogP contribution in [0.15, 0.2) is 29.3 Å². The molecule has 0 saturated carbocycles. The van der Waals surface area contributed by atoms with Gasteiger partial charge in [-0.05, 0) is 82.4 Å². The van der Waals surface area contributed by atoms with Crippen molar-refractivity contribution in [3.8, 4) is 0 Å². The molecule has 1 aromatic heterocycles. The third-order valence-corrected chi connectivity index (χ3v) is 17.6. The smallest absolute Gasteiger partial charge is 0.312 e. The number of methoxy groups -OCH3 is 1. The Hall–Kier alpha value is -6.40. The Balaban J connectivity index is 1.48. The van der Waals surface area contributed by atoms with E-state index >= 15 is 0 Å². The van der Waals surface area contributed by atoms with Crippen molar-refractivity contribution in [3.05, 3.63) is 34.9 Å². The number of ether oxygens (including phenoxy) is 8. The van der Waals surface area contributed by atoms with Crippen LogP contribution in [-0.4, -0.2) is 232 Å². The maximum atomic E-state index is 14.6. The first-order valence-corrected chi connectivity index (χ1v) is 37.6. The zero-order valence-corrected chi connectivity index (χ0v) is 61.9. The van der Waals surface area contributed by atoms with Gasteiger partial charge in [-0.25, -0.2) is 9.78 Å². The number of ketones is 1. The minimum absolute atomic E-state index is 0.0616. The Morgan fingerprint density at radius 1 is 0.515 bits per heavy atom. The van der Waals surface area contributed by atoms with Gasteiger partial charge in [0.15, 0.2) is 5.78 Å². The highest BCUT2D eigenvalue weighted by molar-refractivity contribution is 5.92. The molecule has 1 aliphatic heterocycles. The summed E-state index contributed by atoms with van der Waals surface area (Å²) in [4.78, 5) is 126. The molecule has 28 heteroatoms. The summed E-state index contributed by atoms with van der Waals surface area (Å²) in [7, 11) is 1.63. The van der Waals surface area contributed by atoms with E-state index in [0.717, 1.165) is 32.1 Å². The molecule has 28 nitrogen and oxygen atoms in total. The number of anilines is 1. The van der Waals surface area contributed by atoms with E-state index in [2.05, 4.69) is 43.8 Å². The van der Waals surface area contributed by atoms with Gasteiger partial charge in [-0.15, -0.1) is 0 Å². The molecule has 0 spiro atoms. The van der Waals surface area contributed by atoms with Crippen LogP contribution in [0, 0.1) is 5.92 Å². The van der Waals surface area contributed by atoms with Crippen LogP contribution in [-0.2, 0) is 78.0 Å². The Morgan fingerprint density at radius 2 is 0.990 bits per heavy atom. The van der Waals surface area contributed by atoms with Crippen LogP contribution in [0.3, 0.4) is 0 Å². The summed E-state index contributed by atoms with van der Waals surface area (Å²) in [6.45, 7) is 16.0. The summed E-state index contributed by atoms with van der Waals surface area (Å²) in [6, 6.07) is 1.91. The average molecular weight is 1430 g/mol.